The van der Waals surface area contributed by atoms with Crippen molar-refractivity contribution in [2.45, 2.75) is 0 Å². The van der Waals surface area contributed by atoms with E-state index in [0.717, 1.165) is 0 Å². The lowest BCUT2D eigenvalue weighted by molar-refractivity contribution is -0.384. The Bertz CT molecular complexity index is 449. The van der Waals surface area contributed by atoms with Crippen LogP contribution in [0.3, 0.4) is 0 Å². The fourth-order valence-electron chi connectivity index (χ4n) is 0.879. The zero-order chi connectivity index (χ0) is 11.1. The van der Waals surface area contributed by atoms with E-state index in [9.17, 15) is 14.9 Å². The first-order valence-electron chi connectivity index (χ1n) is 4.10. The molecule has 15 heavy (non-hydrogen) atoms. The van der Waals surface area contributed by atoms with Gasteiger partial charge in [0.1, 0.15) is 6.29 Å². The van der Waals surface area contributed by atoms with E-state index in [4.69, 9.17) is 0 Å². The molecule has 1 rings (SSSR count). The summed E-state index contributed by atoms with van der Waals surface area (Å²) in [5, 5.41) is 10.3. The number of aldehydes is 1. The fraction of sp³-hybridized carbons (Fsp3) is 0. The molecule has 4 nitrogen and oxygen atoms in total. The van der Waals surface area contributed by atoms with Crippen molar-refractivity contribution >= 4 is 12.0 Å². The Morgan fingerprint density at radius 2 is 1.93 bits per heavy atom. The van der Waals surface area contributed by atoms with Gasteiger partial charge in [0.25, 0.3) is 5.69 Å². The second kappa shape index (κ2) is 5.35. The maximum atomic E-state index is 10.3. The summed E-state index contributed by atoms with van der Waals surface area (Å²) in [6.45, 7) is 0. The molecule has 0 radical (unpaired) electrons. The molecular weight excluding hydrogens is 194 g/mol. The van der Waals surface area contributed by atoms with Crippen LogP contribution in [0.2, 0.25) is 0 Å². The lowest BCUT2D eigenvalue weighted by Crippen LogP contribution is -1.86. The summed E-state index contributed by atoms with van der Waals surface area (Å²) >= 11 is 0. The second-order valence-corrected chi connectivity index (χ2v) is 2.57. The number of carbonyl (C=O) groups is 1. The van der Waals surface area contributed by atoms with Crippen LogP contribution in [0, 0.1) is 22.0 Å². The van der Waals surface area contributed by atoms with E-state index in [-0.39, 0.29) is 5.69 Å². The van der Waals surface area contributed by atoms with Gasteiger partial charge in [-0.25, -0.2) is 0 Å². The molecule has 0 unspecified atom stereocenters. The number of nitro groups is 1. The molecule has 4 heteroatoms. The van der Waals surface area contributed by atoms with E-state index in [0.29, 0.717) is 11.8 Å². The number of nitro benzene ring substituents is 1. The Morgan fingerprint density at radius 1 is 1.27 bits per heavy atom. The SMILES string of the molecule is O=C/C=C/C#Cc1ccc([N+](=O)[O-])cc1. The average Bonchev–Trinajstić information content (AvgIpc) is 2.25. The van der Waals surface area contributed by atoms with Crippen molar-refractivity contribution in [2.24, 2.45) is 0 Å². The van der Waals surface area contributed by atoms with E-state index in [1.54, 1.807) is 12.1 Å². The molecule has 1 aromatic carbocycles. The van der Waals surface area contributed by atoms with Gasteiger partial charge in [0.2, 0.25) is 0 Å². The molecule has 0 aliphatic carbocycles. The maximum absolute atomic E-state index is 10.3. The maximum Gasteiger partial charge on any atom is 0.269 e. The number of rotatable bonds is 2. The first-order valence-corrected chi connectivity index (χ1v) is 4.10. The van der Waals surface area contributed by atoms with Crippen molar-refractivity contribution < 1.29 is 9.72 Å². The highest BCUT2D eigenvalue weighted by Crippen LogP contribution is 2.10. The third kappa shape index (κ3) is 3.44. The van der Waals surface area contributed by atoms with Gasteiger partial charge < -0.3 is 0 Å². The highest BCUT2D eigenvalue weighted by molar-refractivity contribution is 5.65. The van der Waals surface area contributed by atoms with Crippen LogP contribution in [-0.2, 0) is 4.79 Å². The number of nitrogens with zero attached hydrogens (tertiary/aromatic N) is 1. The Balaban J connectivity index is 2.79. The zero-order valence-corrected chi connectivity index (χ0v) is 7.71. The van der Waals surface area contributed by atoms with Crippen LogP contribution in [0.5, 0.6) is 0 Å². The first-order chi connectivity index (χ1) is 7.24. The Hall–Kier alpha value is -2.41. The summed E-state index contributed by atoms with van der Waals surface area (Å²) in [6.07, 6.45) is 3.32. The minimum Gasteiger partial charge on any atom is -0.299 e. The van der Waals surface area contributed by atoms with Crippen molar-refractivity contribution in [2.75, 3.05) is 0 Å². The van der Waals surface area contributed by atoms with Crippen LogP contribution >= 0.6 is 0 Å². The number of carbonyl (C=O) groups excluding carboxylic acids is 1. The molecule has 0 aromatic heterocycles. The van der Waals surface area contributed by atoms with Gasteiger partial charge in [-0.2, -0.15) is 0 Å². The molecule has 0 aliphatic heterocycles. The Kier molecular flexibility index (Phi) is 3.80. The van der Waals surface area contributed by atoms with E-state index < -0.39 is 4.92 Å². The van der Waals surface area contributed by atoms with Crippen LogP contribution in [0.4, 0.5) is 5.69 Å². The van der Waals surface area contributed by atoms with Gasteiger partial charge in [-0.1, -0.05) is 11.8 Å². The van der Waals surface area contributed by atoms with Gasteiger partial charge in [0, 0.05) is 17.7 Å². The molecule has 0 atom stereocenters. The summed E-state index contributed by atoms with van der Waals surface area (Å²) in [4.78, 5) is 19.8. The molecule has 0 spiro atoms. The zero-order valence-electron chi connectivity index (χ0n) is 7.71. The molecule has 0 N–H and O–H groups in total. The minimum absolute atomic E-state index is 0.0315. The number of non-ortho nitro benzene ring substituents is 1. The highest BCUT2D eigenvalue weighted by atomic mass is 16.6. The third-order valence-corrected chi connectivity index (χ3v) is 1.55. The van der Waals surface area contributed by atoms with Gasteiger partial charge in [-0.05, 0) is 24.3 Å². The lowest BCUT2D eigenvalue weighted by Gasteiger charge is -1.90. The molecule has 0 bridgehead atoms. The minimum atomic E-state index is -0.469. The van der Waals surface area contributed by atoms with E-state index in [1.165, 1.54) is 24.3 Å². The molecule has 0 amide bonds. The summed E-state index contributed by atoms with van der Waals surface area (Å²) in [5.41, 5.74) is 0.695. The molecule has 74 valence electrons. The summed E-state index contributed by atoms with van der Waals surface area (Å²) in [5.74, 6) is 5.35. The van der Waals surface area contributed by atoms with Crippen LogP contribution in [0.1, 0.15) is 5.56 Å². The van der Waals surface area contributed by atoms with E-state index in [1.807, 2.05) is 0 Å². The second-order valence-electron chi connectivity index (χ2n) is 2.57. The predicted octanol–water partition coefficient (Wildman–Crippen LogP) is 1.70. The first kappa shape index (κ1) is 10.7. The van der Waals surface area contributed by atoms with Crippen LogP contribution in [0.15, 0.2) is 36.4 Å². The molecule has 0 aliphatic rings. The summed E-state index contributed by atoms with van der Waals surface area (Å²) in [6, 6.07) is 5.88. The average molecular weight is 201 g/mol. The molecule has 0 saturated carbocycles. The van der Waals surface area contributed by atoms with Crippen molar-refractivity contribution in [1.82, 2.24) is 0 Å². The quantitative estimate of drug-likeness (QED) is 0.240. The molecule has 0 heterocycles. The molecule has 1 aromatic rings. The van der Waals surface area contributed by atoms with Crippen LogP contribution in [-0.4, -0.2) is 11.2 Å². The Morgan fingerprint density at radius 3 is 2.47 bits per heavy atom. The van der Waals surface area contributed by atoms with Crippen molar-refractivity contribution in [3.05, 3.63) is 52.1 Å². The highest BCUT2D eigenvalue weighted by Gasteiger charge is 2.01. The van der Waals surface area contributed by atoms with E-state index >= 15 is 0 Å². The van der Waals surface area contributed by atoms with Crippen molar-refractivity contribution in [1.29, 1.82) is 0 Å². The predicted molar refractivity (Wildman–Crippen MR) is 55.2 cm³/mol. The topological polar surface area (TPSA) is 60.2 Å². The lowest BCUT2D eigenvalue weighted by atomic mass is 10.2. The fourth-order valence-corrected chi connectivity index (χ4v) is 0.879. The van der Waals surface area contributed by atoms with Crippen LogP contribution < -0.4 is 0 Å². The number of hydrogen-bond donors (Lipinski definition) is 0. The normalized spacial score (nSPS) is 9.33. The van der Waals surface area contributed by atoms with Gasteiger partial charge in [0.15, 0.2) is 0 Å². The van der Waals surface area contributed by atoms with E-state index in [2.05, 4.69) is 11.8 Å². The standard InChI is InChI=1S/C11H7NO3/c13-9-3-1-2-4-10-5-7-11(8-6-10)12(14)15/h1,3,5-9H/b3-1+. The largest absolute Gasteiger partial charge is 0.299 e. The Labute approximate surface area is 86.4 Å². The van der Waals surface area contributed by atoms with Gasteiger partial charge >= 0.3 is 0 Å². The van der Waals surface area contributed by atoms with Gasteiger partial charge in [-0.3, -0.25) is 14.9 Å². The number of allylic oxidation sites excluding steroid dienone is 2. The monoisotopic (exact) mass is 201 g/mol. The molecule has 0 saturated heterocycles. The molecular formula is C11H7NO3. The van der Waals surface area contributed by atoms with Crippen molar-refractivity contribution in [3.63, 3.8) is 0 Å². The summed E-state index contributed by atoms with van der Waals surface area (Å²) in [7, 11) is 0. The number of hydrogen-bond acceptors (Lipinski definition) is 3. The van der Waals surface area contributed by atoms with Gasteiger partial charge in [0.05, 0.1) is 4.92 Å². The van der Waals surface area contributed by atoms with Crippen molar-refractivity contribution in [3.8, 4) is 11.8 Å². The smallest absolute Gasteiger partial charge is 0.269 e. The molecule has 0 fully saturated rings. The van der Waals surface area contributed by atoms with Crippen LogP contribution in [0.25, 0.3) is 0 Å². The number of benzene rings is 1. The summed E-state index contributed by atoms with van der Waals surface area (Å²) < 4.78 is 0. The third-order valence-electron chi connectivity index (χ3n) is 1.55. The van der Waals surface area contributed by atoms with Gasteiger partial charge in [-0.15, -0.1) is 0 Å².